The molecule has 8 nitrogen and oxygen atoms in total. The summed E-state index contributed by atoms with van der Waals surface area (Å²) in [5.41, 5.74) is 2.06. The molecule has 0 spiro atoms. The Bertz CT molecular complexity index is 1020. The molecule has 0 aliphatic carbocycles. The maximum atomic E-state index is 12.6. The largest absolute Gasteiger partial charge is 0.326 e. The first kappa shape index (κ1) is 18.1. The number of rotatable bonds is 4. The number of aromatic nitrogens is 2. The van der Waals surface area contributed by atoms with Crippen molar-refractivity contribution in [1.29, 1.82) is 0 Å². The molecule has 3 rings (SSSR count). The van der Waals surface area contributed by atoms with Crippen LogP contribution in [0.1, 0.15) is 30.6 Å². The highest BCUT2D eigenvalue weighted by Gasteiger charge is 2.31. The van der Waals surface area contributed by atoms with Gasteiger partial charge >= 0.3 is 0 Å². The number of aromatic amines is 1. The second-order valence-corrected chi connectivity index (χ2v) is 8.60. The SMILES string of the molecule is CC(=O)Nc1ccc(N=Cc2c(C)[nH]n([C@@H]3CCS(=O)(=O)C3)c2=O)cc1. The molecule has 1 aromatic heterocycles. The number of H-pyrrole nitrogens is 1. The number of aryl methyl sites for hydroxylation is 1. The van der Waals surface area contributed by atoms with Crippen LogP contribution in [0.25, 0.3) is 0 Å². The molecule has 1 aliphatic heterocycles. The van der Waals surface area contributed by atoms with Gasteiger partial charge in [-0.2, -0.15) is 0 Å². The number of carbonyl (C=O) groups excluding carboxylic acids is 1. The normalized spacial score (nSPS) is 19.1. The van der Waals surface area contributed by atoms with Gasteiger partial charge in [0.25, 0.3) is 5.56 Å². The number of aliphatic imine (C=N–C) groups is 1. The summed E-state index contributed by atoms with van der Waals surface area (Å²) in [6.45, 7) is 3.18. The van der Waals surface area contributed by atoms with Crippen molar-refractivity contribution in [3.8, 4) is 0 Å². The predicted octanol–water partition coefficient (Wildman–Crippen LogP) is 1.55. The van der Waals surface area contributed by atoms with Crippen LogP contribution in [-0.4, -0.2) is 41.8 Å². The summed E-state index contributed by atoms with van der Waals surface area (Å²) in [6.07, 6.45) is 1.91. The first-order valence-electron chi connectivity index (χ1n) is 8.18. The van der Waals surface area contributed by atoms with E-state index >= 15 is 0 Å². The highest BCUT2D eigenvalue weighted by molar-refractivity contribution is 7.91. The van der Waals surface area contributed by atoms with Crippen molar-refractivity contribution >= 4 is 33.3 Å². The fourth-order valence-electron chi connectivity index (χ4n) is 2.94. The fourth-order valence-corrected chi connectivity index (χ4v) is 4.64. The lowest BCUT2D eigenvalue weighted by Gasteiger charge is -2.07. The number of hydrogen-bond acceptors (Lipinski definition) is 5. The smallest absolute Gasteiger partial charge is 0.275 e. The average molecular weight is 376 g/mol. The lowest BCUT2D eigenvalue weighted by atomic mass is 10.2. The second kappa shape index (κ2) is 6.91. The number of benzene rings is 1. The molecule has 138 valence electrons. The summed E-state index contributed by atoms with van der Waals surface area (Å²) in [7, 11) is -3.08. The summed E-state index contributed by atoms with van der Waals surface area (Å²) in [4.78, 5) is 27.9. The molecule has 1 aromatic carbocycles. The van der Waals surface area contributed by atoms with Crippen LogP contribution in [0, 0.1) is 6.92 Å². The van der Waals surface area contributed by atoms with Crippen LogP contribution in [0.4, 0.5) is 11.4 Å². The Kier molecular flexibility index (Phi) is 4.82. The first-order valence-corrected chi connectivity index (χ1v) is 10.0. The lowest BCUT2D eigenvalue weighted by molar-refractivity contribution is -0.114. The van der Waals surface area contributed by atoms with Gasteiger partial charge in [-0.3, -0.25) is 19.7 Å². The molecule has 0 radical (unpaired) electrons. The average Bonchev–Trinajstić information content (AvgIpc) is 3.06. The maximum absolute atomic E-state index is 12.6. The van der Waals surface area contributed by atoms with Crippen molar-refractivity contribution in [2.75, 3.05) is 16.8 Å². The molecule has 0 saturated carbocycles. The minimum Gasteiger partial charge on any atom is -0.326 e. The molecule has 1 atom stereocenters. The summed E-state index contributed by atoms with van der Waals surface area (Å²) in [5.74, 6) is -0.0704. The molecule has 9 heteroatoms. The third-order valence-electron chi connectivity index (χ3n) is 4.25. The summed E-state index contributed by atoms with van der Waals surface area (Å²) in [6, 6.07) is 6.54. The molecule has 2 N–H and O–H groups in total. The van der Waals surface area contributed by atoms with Gasteiger partial charge in [0.1, 0.15) is 0 Å². The van der Waals surface area contributed by atoms with Crippen molar-refractivity contribution in [2.24, 2.45) is 4.99 Å². The lowest BCUT2D eigenvalue weighted by Crippen LogP contribution is -2.25. The zero-order valence-corrected chi connectivity index (χ0v) is 15.3. The first-order chi connectivity index (χ1) is 12.2. The van der Waals surface area contributed by atoms with Crippen molar-refractivity contribution in [1.82, 2.24) is 9.78 Å². The Balaban J connectivity index is 1.81. The number of carbonyl (C=O) groups is 1. The van der Waals surface area contributed by atoms with E-state index in [4.69, 9.17) is 0 Å². The van der Waals surface area contributed by atoms with Crippen LogP contribution in [-0.2, 0) is 14.6 Å². The van der Waals surface area contributed by atoms with E-state index in [1.165, 1.54) is 17.8 Å². The molecule has 1 aliphatic rings. The summed E-state index contributed by atoms with van der Waals surface area (Å²) >= 11 is 0. The van der Waals surface area contributed by atoms with Crippen LogP contribution in [0.3, 0.4) is 0 Å². The number of amides is 1. The zero-order chi connectivity index (χ0) is 18.9. The Morgan fingerprint density at radius 3 is 2.62 bits per heavy atom. The molecule has 1 amide bonds. The van der Waals surface area contributed by atoms with E-state index in [9.17, 15) is 18.0 Å². The third-order valence-corrected chi connectivity index (χ3v) is 6.00. The molecule has 0 bridgehead atoms. The molecular formula is C17H20N4O4S. The van der Waals surface area contributed by atoms with Gasteiger partial charge in [0.15, 0.2) is 9.84 Å². The zero-order valence-electron chi connectivity index (χ0n) is 14.5. The van der Waals surface area contributed by atoms with Gasteiger partial charge in [-0.1, -0.05) is 0 Å². The van der Waals surface area contributed by atoms with Gasteiger partial charge in [-0.25, -0.2) is 13.1 Å². The van der Waals surface area contributed by atoms with Gasteiger partial charge in [0.05, 0.1) is 28.8 Å². The molecular weight excluding hydrogens is 356 g/mol. The number of nitrogens with zero attached hydrogens (tertiary/aromatic N) is 2. The van der Waals surface area contributed by atoms with E-state index in [-0.39, 0.29) is 29.0 Å². The standard InChI is InChI=1S/C17H20N4O4S/c1-11-16(9-18-13-3-5-14(6-4-13)19-12(2)22)17(23)21(20-11)15-7-8-26(24,25)10-15/h3-6,9,15,20H,7-8,10H2,1-2H3,(H,19,22)/t15-/m1/s1. The third kappa shape index (κ3) is 3.93. The van der Waals surface area contributed by atoms with Crippen LogP contribution >= 0.6 is 0 Å². The van der Waals surface area contributed by atoms with Gasteiger partial charge < -0.3 is 5.32 Å². The molecule has 0 unspecified atom stereocenters. The van der Waals surface area contributed by atoms with Crippen LogP contribution < -0.4 is 10.9 Å². The van der Waals surface area contributed by atoms with E-state index in [1.54, 1.807) is 31.2 Å². The Labute approximate surface area is 150 Å². The number of hydrogen-bond donors (Lipinski definition) is 2. The van der Waals surface area contributed by atoms with Crippen molar-refractivity contribution in [2.45, 2.75) is 26.3 Å². The molecule has 2 aromatic rings. The number of nitrogens with one attached hydrogen (secondary N) is 2. The van der Waals surface area contributed by atoms with Crippen LogP contribution in [0.5, 0.6) is 0 Å². The van der Waals surface area contributed by atoms with E-state index in [1.807, 2.05) is 0 Å². The molecule has 2 heterocycles. The van der Waals surface area contributed by atoms with Crippen molar-refractivity contribution in [3.05, 3.63) is 45.9 Å². The monoisotopic (exact) mass is 376 g/mol. The van der Waals surface area contributed by atoms with Crippen molar-refractivity contribution in [3.63, 3.8) is 0 Å². The van der Waals surface area contributed by atoms with Gasteiger partial charge in [0, 0.05) is 24.5 Å². The quantitative estimate of drug-likeness (QED) is 0.788. The van der Waals surface area contributed by atoms with E-state index in [0.29, 0.717) is 29.1 Å². The second-order valence-electron chi connectivity index (χ2n) is 6.37. The van der Waals surface area contributed by atoms with E-state index in [2.05, 4.69) is 15.4 Å². The van der Waals surface area contributed by atoms with E-state index < -0.39 is 9.84 Å². The minimum absolute atomic E-state index is 0.0198. The fraction of sp³-hybridized carbons (Fsp3) is 0.353. The minimum atomic E-state index is -3.08. The van der Waals surface area contributed by atoms with Gasteiger partial charge in [-0.05, 0) is 37.6 Å². The predicted molar refractivity (Wildman–Crippen MR) is 100 cm³/mol. The van der Waals surface area contributed by atoms with Gasteiger partial charge in [0.2, 0.25) is 5.91 Å². The van der Waals surface area contributed by atoms with Crippen LogP contribution in [0.2, 0.25) is 0 Å². The van der Waals surface area contributed by atoms with E-state index in [0.717, 1.165) is 0 Å². The maximum Gasteiger partial charge on any atom is 0.275 e. The Hall–Kier alpha value is -2.68. The molecule has 1 fully saturated rings. The van der Waals surface area contributed by atoms with Gasteiger partial charge in [-0.15, -0.1) is 0 Å². The highest BCUT2D eigenvalue weighted by Crippen LogP contribution is 2.22. The Morgan fingerprint density at radius 1 is 1.35 bits per heavy atom. The highest BCUT2D eigenvalue weighted by atomic mass is 32.2. The number of sulfone groups is 1. The molecule has 26 heavy (non-hydrogen) atoms. The molecule has 1 saturated heterocycles. The van der Waals surface area contributed by atoms with Crippen LogP contribution in [0.15, 0.2) is 34.1 Å². The topological polar surface area (TPSA) is 113 Å². The number of anilines is 1. The van der Waals surface area contributed by atoms with Crippen molar-refractivity contribution < 1.29 is 13.2 Å². The Morgan fingerprint density at radius 2 is 2.04 bits per heavy atom. The summed E-state index contributed by atoms with van der Waals surface area (Å²) < 4.78 is 24.7. The summed E-state index contributed by atoms with van der Waals surface area (Å²) in [5, 5.41) is 5.63.